The van der Waals surface area contributed by atoms with Crippen molar-refractivity contribution in [1.82, 2.24) is 5.32 Å². The number of aliphatic hydroxyl groups excluding tert-OH is 2. The topological polar surface area (TPSA) is 95.9 Å². The molecular weight excluding hydrogens is 839 g/mol. The summed E-state index contributed by atoms with van der Waals surface area (Å²) in [6, 6.07) is -0.737. The number of unbranched alkanes of at least 4 members (excludes halogenated alkanes) is 26. The Labute approximate surface area is 421 Å². The first-order chi connectivity index (χ1) is 33.5. The number of hydrogen-bond donors (Lipinski definition) is 3. The summed E-state index contributed by atoms with van der Waals surface area (Å²) in [4.78, 5) is 26.2. The molecule has 6 heteroatoms. The molecule has 1 amide bonds. The molecule has 0 aliphatic rings. The van der Waals surface area contributed by atoms with E-state index in [9.17, 15) is 19.8 Å². The average molecular weight is 949 g/mol. The maximum absolute atomic E-state index is 13.2. The van der Waals surface area contributed by atoms with Gasteiger partial charge in [0.2, 0.25) is 5.91 Å². The van der Waals surface area contributed by atoms with Crippen LogP contribution in [0.2, 0.25) is 0 Å². The zero-order valence-corrected chi connectivity index (χ0v) is 44.7. The number of carbonyl (C=O) groups excluding carboxylic acids is 2. The number of ether oxygens (including phenoxy) is 1. The molecule has 0 fully saturated rings. The normalized spacial score (nSPS) is 13.8. The highest BCUT2D eigenvalue weighted by Crippen LogP contribution is 2.17. The minimum absolute atomic E-state index is 0.00491. The third-order valence-corrected chi connectivity index (χ3v) is 12.7. The van der Waals surface area contributed by atoms with Gasteiger partial charge in [-0.15, -0.1) is 0 Å². The lowest BCUT2D eigenvalue weighted by atomic mass is 10.0. The van der Waals surface area contributed by atoms with Crippen LogP contribution in [0.25, 0.3) is 0 Å². The largest absolute Gasteiger partial charge is 0.461 e. The van der Waals surface area contributed by atoms with Crippen molar-refractivity contribution in [2.45, 2.75) is 289 Å². The summed E-state index contributed by atoms with van der Waals surface area (Å²) in [5.41, 5.74) is 0. The van der Waals surface area contributed by atoms with E-state index in [4.69, 9.17) is 4.74 Å². The molecule has 0 bridgehead atoms. The fraction of sp³-hybridized carbons (Fsp3) is 0.742. The molecule has 3 atom stereocenters. The predicted molar refractivity (Wildman–Crippen MR) is 296 cm³/mol. The van der Waals surface area contributed by atoms with Crippen molar-refractivity contribution < 1.29 is 24.5 Å². The van der Waals surface area contributed by atoms with Crippen LogP contribution in [0.15, 0.2) is 85.1 Å². The Morgan fingerprint density at radius 1 is 0.456 bits per heavy atom. The molecule has 0 aromatic heterocycles. The second-order valence-corrected chi connectivity index (χ2v) is 19.3. The molecule has 3 N–H and O–H groups in total. The summed E-state index contributed by atoms with van der Waals surface area (Å²) >= 11 is 0. The van der Waals surface area contributed by atoms with Gasteiger partial charge in [-0.1, -0.05) is 260 Å². The van der Waals surface area contributed by atoms with Gasteiger partial charge in [-0.2, -0.15) is 0 Å². The van der Waals surface area contributed by atoms with Crippen LogP contribution in [-0.4, -0.2) is 46.9 Å². The maximum Gasteiger partial charge on any atom is 0.306 e. The van der Waals surface area contributed by atoms with Crippen molar-refractivity contribution in [3.8, 4) is 0 Å². The highest BCUT2D eigenvalue weighted by molar-refractivity contribution is 5.77. The van der Waals surface area contributed by atoms with E-state index >= 15 is 0 Å². The minimum atomic E-state index is -0.817. The lowest BCUT2D eigenvalue weighted by Gasteiger charge is -2.24. The van der Waals surface area contributed by atoms with Crippen LogP contribution >= 0.6 is 0 Å². The number of amides is 1. The van der Waals surface area contributed by atoms with E-state index in [0.29, 0.717) is 19.3 Å². The lowest BCUT2D eigenvalue weighted by molar-refractivity contribution is -0.150. The maximum atomic E-state index is 13.2. The fourth-order valence-electron chi connectivity index (χ4n) is 8.37. The second kappa shape index (κ2) is 55.0. The third-order valence-electron chi connectivity index (χ3n) is 12.7. The van der Waals surface area contributed by atoms with Gasteiger partial charge < -0.3 is 20.3 Å². The highest BCUT2D eigenvalue weighted by atomic mass is 16.5. The monoisotopic (exact) mass is 948 g/mol. The quantitative estimate of drug-likeness (QED) is 0.0321. The Hall–Kier alpha value is -2.96. The number of rotatable bonds is 51. The smallest absolute Gasteiger partial charge is 0.306 e. The average Bonchev–Trinajstić information content (AvgIpc) is 3.33. The number of esters is 1. The Balaban J connectivity index is 4.65. The van der Waals surface area contributed by atoms with Crippen LogP contribution in [0.5, 0.6) is 0 Å². The Morgan fingerprint density at radius 2 is 0.824 bits per heavy atom. The van der Waals surface area contributed by atoms with Crippen molar-refractivity contribution in [2.75, 3.05) is 6.61 Å². The van der Waals surface area contributed by atoms with Gasteiger partial charge in [-0.25, -0.2) is 0 Å². The summed E-state index contributed by atoms with van der Waals surface area (Å²) in [5, 5.41) is 23.8. The summed E-state index contributed by atoms with van der Waals surface area (Å²) in [6.45, 7) is 6.33. The van der Waals surface area contributed by atoms with Crippen LogP contribution in [0.1, 0.15) is 271 Å². The van der Waals surface area contributed by atoms with Crippen molar-refractivity contribution in [2.24, 2.45) is 0 Å². The standard InChI is InChI=1S/C62H109NO5/c1-4-7-10-13-16-19-22-25-28-29-30-31-34-37-40-43-46-49-52-55-62(67)68-58(53-50-47-44-41-38-35-32-26-23-20-17-14-11-8-5-2)56-61(66)63-59(57-64)60(65)54-51-48-45-42-39-36-33-27-24-21-18-15-12-9-6-3/h8,11,16-17,19-20,25-26,28,32,38,41,47,50,58-60,64-65H,4-7,9-10,12-15,18,21-24,27,29-31,33-37,39-40,42-46,48-49,51-57H2,1-3H3,(H,63,66)/b11-8-,19-16-,20-17-,28-25-,32-26-,41-38-,50-47-. The van der Waals surface area contributed by atoms with Crippen LogP contribution in [0, 0.1) is 0 Å². The first-order valence-electron chi connectivity index (χ1n) is 28.8. The van der Waals surface area contributed by atoms with Gasteiger partial charge in [0.1, 0.15) is 6.10 Å². The first-order valence-corrected chi connectivity index (χ1v) is 28.8. The summed E-state index contributed by atoms with van der Waals surface area (Å²) in [6.07, 6.45) is 72.4. The van der Waals surface area contributed by atoms with Crippen LogP contribution in [0.3, 0.4) is 0 Å². The van der Waals surface area contributed by atoms with Gasteiger partial charge in [-0.3, -0.25) is 9.59 Å². The zero-order valence-electron chi connectivity index (χ0n) is 44.7. The van der Waals surface area contributed by atoms with Crippen molar-refractivity contribution in [3.05, 3.63) is 85.1 Å². The van der Waals surface area contributed by atoms with E-state index in [-0.39, 0.29) is 24.9 Å². The molecule has 0 aromatic rings. The van der Waals surface area contributed by atoms with Crippen molar-refractivity contribution >= 4 is 11.9 Å². The van der Waals surface area contributed by atoms with Gasteiger partial charge in [0.05, 0.1) is 25.2 Å². The molecule has 6 nitrogen and oxygen atoms in total. The van der Waals surface area contributed by atoms with Gasteiger partial charge >= 0.3 is 5.97 Å². The molecular formula is C62H109NO5. The van der Waals surface area contributed by atoms with Crippen LogP contribution < -0.4 is 5.32 Å². The van der Waals surface area contributed by atoms with E-state index < -0.39 is 18.2 Å². The number of hydrogen-bond acceptors (Lipinski definition) is 5. The molecule has 0 radical (unpaired) electrons. The van der Waals surface area contributed by atoms with Gasteiger partial charge in [0, 0.05) is 12.8 Å². The molecule has 0 heterocycles. The van der Waals surface area contributed by atoms with E-state index in [0.717, 1.165) is 77.0 Å². The summed E-state index contributed by atoms with van der Waals surface area (Å²) in [7, 11) is 0. The third kappa shape index (κ3) is 49.5. The van der Waals surface area contributed by atoms with Gasteiger partial charge in [0.25, 0.3) is 0 Å². The predicted octanol–water partition coefficient (Wildman–Crippen LogP) is 17.9. The molecule has 3 unspecified atom stereocenters. The molecule has 0 spiro atoms. The molecule has 0 saturated carbocycles. The van der Waals surface area contributed by atoms with Crippen LogP contribution in [0.4, 0.5) is 0 Å². The fourth-order valence-corrected chi connectivity index (χ4v) is 8.37. The van der Waals surface area contributed by atoms with Gasteiger partial charge in [0.15, 0.2) is 0 Å². The minimum Gasteiger partial charge on any atom is -0.461 e. The first kappa shape index (κ1) is 65.0. The Bertz CT molecular complexity index is 1290. The van der Waals surface area contributed by atoms with Crippen molar-refractivity contribution in [3.63, 3.8) is 0 Å². The highest BCUT2D eigenvalue weighted by Gasteiger charge is 2.23. The summed E-state index contributed by atoms with van der Waals surface area (Å²) in [5.74, 6) is -0.582. The van der Waals surface area contributed by atoms with Crippen molar-refractivity contribution in [1.29, 1.82) is 0 Å². The van der Waals surface area contributed by atoms with E-state index in [1.807, 2.05) is 6.08 Å². The molecule has 0 saturated heterocycles. The molecule has 392 valence electrons. The lowest BCUT2D eigenvalue weighted by Crippen LogP contribution is -2.46. The number of nitrogens with one attached hydrogen (secondary N) is 1. The molecule has 0 rings (SSSR count). The summed E-state index contributed by atoms with van der Waals surface area (Å²) < 4.78 is 5.89. The molecule has 0 aromatic carbocycles. The number of carbonyl (C=O) groups is 2. The SMILES string of the molecule is CC/C=C\C/C=C\C/C=C\C/C=C\C/C=C\CC(CC(=O)NC(CO)C(O)CCCCCCCCCCCCCCCCC)OC(=O)CCCCCCCCCCC/C=C\C/C=C\CCCCC. The van der Waals surface area contributed by atoms with Gasteiger partial charge in [-0.05, 0) is 77.0 Å². The van der Waals surface area contributed by atoms with E-state index in [1.165, 1.54) is 148 Å². The van der Waals surface area contributed by atoms with E-state index in [1.54, 1.807) is 0 Å². The zero-order chi connectivity index (χ0) is 49.5. The Morgan fingerprint density at radius 3 is 1.28 bits per heavy atom. The number of aliphatic hydroxyl groups is 2. The van der Waals surface area contributed by atoms with E-state index in [2.05, 4.69) is 105 Å². The molecule has 0 aliphatic heterocycles. The van der Waals surface area contributed by atoms with Crippen LogP contribution in [-0.2, 0) is 14.3 Å². The molecule has 68 heavy (non-hydrogen) atoms. The Kier molecular flexibility index (Phi) is 52.6. The second-order valence-electron chi connectivity index (χ2n) is 19.3. The number of allylic oxidation sites excluding steroid dienone is 13. The molecule has 0 aliphatic carbocycles.